The summed E-state index contributed by atoms with van der Waals surface area (Å²) in [5.74, 6) is 1.16. The lowest BCUT2D eigenvalue weighted by atomic mass is 10.1. The van der Waals surface area contributed by atoms with Crippen LogP contribution in [0.5, 0.6) is 0 Å². The van der Waals surface area contributed by atoms with Crippen molar-refractivity contribution >= 4 is 35.1 Å². The zero-order valence-electron chi connectivity index (χ0n) is 17.5. The van der Waals surface area contributed by atoms with Gasteiger partial charge in [-0.1, -0.05) is 51.4 Å². The summed E-state index contributed by atoms with van der Waals surface area (Å²) in [5.41, 5.74) is 0. The first-order valence-corrected chi connectivity index (χ1v) is 12.2. The molecule has 0 bridgehead atoms. The van der Waals surface area contributed by atoms with Crippen LogP contribution in [-0.4, -0.2) is 36.9 Å². The number of ether oxygens (including phenoxy) is 2. The topological polar surface area (TPSA) is 52.6 Å². The Morgan fingerprint density at radius 2 is 0.786 bits per heavy atom. The van der Waals surface area contributed by atoms with E-state index in [0.717, 1.165) is 50.3 Å². The van der Waals surface area contributed by atoms with Crippen LogP contribution >= 0.6 is 23.2 Å². The van der Waals surface area contributed by atoms with Crippen molar-refractivity contribution in [3.05, 3.63) is 0 Å². The second kappa shape index (κ2) is 22.8. The smallest absolute Gasteiger partial charge is 0.305 e. The average Bonchev–Trinajstić information content (AvgIpc) is 2.69. The Morgan fingerprint density at radius 3 is 1.14 bits per heavy atom. The third-order valence-corrected chi connectivity index (χ3v) is 5.13. The van der Waals surface area contributed by atoms with E-state index in [2.05, 4.69) is 0 Å². The highest BCUT2D eigenvalue weighted by Crippen LogP contribution is 2.09. The molecule has 0 aliphatic carbocycles. The van der Waals surface area contributed by atoms with Crippen molar-refractivity contribution in [1.82, 2.24) is 0 Å². The van der Waals surface area contributed by atoms with Crippen LogP contribution in [0.3, 0.4) is 0 Å². The number of rotatable bonds is 21. The number of halogens is 2. The average molecular weight is 439 g/mol. The Balaban J connectivity index is 3.30. The minimum atomic E-state index is -0.162. The largest absolute Gasteiger partial charge is 0.466 e. The van der Waals surface area contributed by atoms with Gasteiger partial charge in [-0.2, -0.15) is 0 Å². The van der Waals surface area contributed by atoms with E-state index in [9.17, 15) is 9.59 Å². The molecule has 0 unspecified atom stereocenters. The SMILES string of the molecule is O=C(CCCCC(=O)OCCCCCCCCCl)OCCCCCCCCCl. The fourth-order valence-electron chi connectivity index (χ4n) is 2.86. The molecule has 0 aromatic heterocycles. The Bertz CT molecular complexity index is 330. The molecule has 28 heavy (non-hydrogen) atoms. The van der Waals surface area contributed by atoms with Crippen molar-refractivity contribution in [3.63, 3.8) is 0 Å². The number of alkyl halides is 2. The molecule has 166 valence electrons. The van der Waals surface area contributed by atoms with Gasteiger partial charge in [-0.3, -0.25) is 9.59 Å². The third kappa shape index (κ3) is 21.8. The molecular formula is C22H40Cl2O4. The lowest BCUT2D eigenvalue weighted by Gasteiger charge is -2.06. The maximum Gasteiger partial charge on any atom is 0.305 e. The van der Waals surface area contributed by atoms with Crippen LogP contribution in [0.25, 0.3) is 0 Å². The summed E-state index contributed by atoms with van der Waals surface area (Å²) in [4.78, 5) is 23.3. The highest BCUT2D eigenvalue weighted by Gasteiger charge is 2.06. The van der Waals surface area contributed by atoms with Gasteiger partial charge < -0.3 is 9.47 Å². The molecule has 6 heteroatoms. The summed E-state index contributed by atoms with van der Waals surface area (Å²) in [6.07, 6.45) is 15.4. The predicted molar refractivity (Wildman–Crippen MR) is 117 cm³/mol. The van der Waals surface area contributed by atoms with E-state index in [1.807, 2.05) is 0 Å². The molecule has 0 rings (SSSR count). The Labute approximate surface area is 182 Å². The molecule has 0 radical (unpaired) electrons. The maximum absolute atomic E-state index is 11.6. The van der Waals surface area contributed by atoms with Gasteiger partial charge in [0.1, 0.15) is 0 Å². The van der Waals surface area contributed by atoms with E-state index in [1.54, 1.807) is 0 Å². The van der Waals surface area contributed by atoms with Crippen LogP contribution in [0, 0.1) is 0 Å². The highest BCUT2D eigenvalue weighted by molar-refractivity contribution is 6.18. The van der Waals surface area contributed by atoms with Crippen LogP contribution < -0.4 is 0 Å². The summed E-state index contributed by atoms with van der Waals surface area (Å²) >= 11 is 11.3. The first kappa shape index (κ1) is 27.5. The van der Waals surface area contributed by atoms with Gasteiger partial charge in [-0.15, -0.1) is 23.2 Å². The zero-order chi connectivity index (χ0) is 20.7. The van der Waals surface area contributed by atoms with Gasteiger partial charge in [0, 0.05) is 24.6 Å². The van der Waals surface area contributed by atoms with E-state index >= 15 is 0 Å². The fourth-order valence-corrected chi connectivity index (χ4v) is 3.24. The molecule has 0 saturated heterocycles. The molecule has 0 fully saturated rings. The van der Waals surface area contributed by atoms with Crippen LogP contribution in [0.1, 0.15) is 103 Å². The molecule has 0 saturated carbocycles. The number of carbonyl (C=O) groups is 2. The summed E-state index contributed by atoms with van der Waals surface area (Å²) in [6.45, 7) is 1.00. The van der Waals surface area contributed by atoms with Crippen molar-refractivity contribution in [2.45, 2.75) is 103 Å². The molecule has 0 aliphatic heterocycles. The quantitative estimate of drug-likeness (QED) is 0.112. The highest BCUT2D eigenvalue weighted by atomic mass is 35.5. The number of hydrogen-bond acceptors (Lipinski definition) is 4. The Hall–Kier alpha value is -0.480. The number of esters is 2. The van der Waals surface area contributed by atoms with Crippen LogP contribution in [-0.2, 0) is 19.1 Å². The van der Waals surface area contributed by atoms with E-state index in [4.69, 9.17) is 32.7 Å². The van der Waals surface area contributed by atoms with Crippen molar-refractivity contribution in [1.29, 1.82) is 0 Å². The molecule has 0 aliphatic rings. The lowest BCUT2D eigenvalue weighted by Crippen LogP contribution is -2.08. The van der Waals surface area contributed by atoms with Gasteiger partial charge in [0.2, 0.25) is 0 Å². The molecule has 0 aromatic carbocycles. The van der Waals surface area contributed by atoms with Gasteiger partial charge in [-0.25, -0.2) is 0 Å². The molecule has 0 heterocycles. The van der Waals surface area contributed by atoms with Gasteiger partial charge in [0.15, 0.2) is 0 Å². The molecule has 0 amide bonds. The first-order chi connectivity index (χ1) is 13.7. The van der Waals surface area contributed by atoms with Gasteiger partial charge in [-0.05, 0) is 38.5 Å². The molecule has 0 atom stereocenters. The van der Waals surface area contributed by atoms with Crippen molar-refractivity contribution in [2.24, 2.45) is 0 Å². The van der Waals surface area contributed by atoms with Crippen molar-refractivity contribution in [3.8, 4) is 0 Å². The van der Waals surface area contributed by atoms with E-state index in [-0.39, 0.29) is 11.9 Å². The fraction of sp³-hybridized carbons (Fsp3) is 0.909. The monoisotopic (exact) mass is 438 g/mol. The van der Waals surface area contributed by atoms with Crippen molar-refractivity contribution in [2.75, 3.05) is 25.0 Å². The summed E-state index contributed by atoms with van der Waals surface area (Å²) in [5, 5.41) is 0. The number of carbonyl (C=O) groups excluding carboxylic acids is 2. The third-order valence-electron chi connectivity index (χ3n) is 4.59. The van der Waals surface area contributed by atoms with E-state index < -0.39 is 0 Å². The molecule has 4 nitrogen and oxygen atoms in total. The molecule has 0 aromatic rings. The normalized spacial score (nSPS) is 10.8. The predicted octanol–water partition coefficient (Wildman–Crippen LogP) is 6.79. The van der Waals surface area contributed by atoms with Crippen LogP contribution in [0.4, 0.5) is 0 Å². The maximum atomic E-state index is 11.6. The molecular weight excluding hydrogens is 399 g/mol. The van der Waals surface area contributed by atoms with E-state index in [1.165, 1.54) is 38.5 Å². The first-order valence-electron chi connectivity index (χ1n) is 11.1. The molecule has 0 spiro atoms. The number of unbranched alkanes of at least 4 members (excludes halogenated alkanes) is 11. The van der Waals surface area contributed by atoms with Crippen molar-refractivity contribution < 1.29 is 19.1 Å². The second-order valence-corrected chi connectivity index (χ2v) is 8.02. The summed E-state index contributed by atoms with van der Waals surface area (Å²) in [7, 11) is 0. The van der Waals surface area contributed by atoms with Gasteiger partial charge in [0.25, 0.3) is 0 Å². The summed E-state index contributed by atoms with van der Waals surface area (Å²) < 4.78 is 10.4. The Morgan fingerprint density at radius 1 is 0.464 bits per heavy atom. The number of hydrogen-bond donors (Lipinski definition) is 0. The van der Waals surface area contributed by atoms with Gasteiger partial charge in [0.05, 0.1) is 13.2 Å². The molecule has 0 N–H and O–H groups in total. The van der Waals surface area contributed by atoms with Gasteiger partial charge >= 0.3 is 11.9 Å². The van der Waals surface area contributed by atoms with E-state index in [0.29, 0.717) is 38.9 Å². The second-order valence-electron chi connectivity index (χ2n) is 7.27. The zero-order valence-corrected chi connectivity index (χ0v) is 19.0. The Kier molecular flexibility index (Phi) is 22.4. The van der Waals surface area contributed by atoms with Crippen LogP contribution in [0.2, 0.25) is 0 Å². The lowest BCUT2D eigenvalue weighted by molar-refractivity contribution is -0.146. The standard InChI is InChI=1S/C22H40Cl2O4/c23-17-11-5-1-3-7-13-19-27-21(25)15-9-10-16-22(26)28-20-14-8-4-2-6-12-18-24/h1-20H2. The minimum absolute atomic E-state index is 0.162. The van der Waals surface area contributed by atoms with Crippen LogP contribution in [0.15, 0.2) is 0 Å². The minimum Gasteiger partial charge on any atom is -0.466 e. The summed E-state index contributed by atoms with van der Waals surface area (Å²) in [6, 6.07) is 0.